The monoisotopic (exact) mass is 477 g/mol. The average molecular weight is 477 g/mol. The number of methoxy groups -OCH3 is 1. The minimum Gasteiger partial charge on any atom is -0.436 e. The molecule has 1 aliphatic rings. The molecule has 2 amide bonds. The molecular formula is C20H17F6N3O4. The number of carbonyl (C=O) groups is 2. The molecule has 1 saturated heterocycles. The number of hydrogen-bond donors (Lipinski definition) is 0. The van der Waals surface area contributed by atoms with E-state index in [1.807, 2.05) is 0 Å². The van der Waals surface area contributed by atoms with E-state index in [-0.39, 0.29) is 0 Å². The minimum absolute atomic E-state index is 0.422. The molecule has 1 fully saturated rings. The van der Waals surface area contributed by atoms with E-state index in [0.29, 0.717) is 24.1 Å². The lowest BCUT2D eigenvalue weighted by atomic mass is 9.92. The Labute approximate surface area is 183 Å². The van der Waals surface area contributed by atoms with Gasteiger partial charge in [0.05, 0.1) is 12.1 Å². The molecule has 33 heavy (non-hydrogen) atoms. The first-order valence-electron chi connectivity index (χ1n) is 9.29. The third kappa shape index (κ3) is 4.32. The summed E-state index contributed by atoms with van der Waals surface area (Å²) in [7, 11) is 1.90. The largest absolute Gasteiger partial charge is 0.436 e. The molecule has 7 nitrogen and oxygen atoms in total. The fourth-order valence-corrected chi connectivity index (χ4v) is 3.36. The summed E-state index contributed by atoms with van der Waals surface area (Å²) >= 11 is 0. The molecule has 2 heterocycles. The standard InChI is InChI=1S/C20H17F6N3O4/c1-28-11-15(29(17(28)31)14-10-13(8-9-27-14)19(21,22)23)33-16(30)18(32-2,20(24,25)26)12-6-4-3-5-7-12/h3-10,15H,11H2,1-2H3/t15-,18+/m0/s1. The van der Waals surface area contributed by atoms with E-state index in [2.05, 4.69) is 9.72 Å². The summed E-state index contributed by atoms with van der Waals surface area (Å²) in [6.07, 6.45) is -11.0. The first-order chi connectivity index (χ1) is 15.3. The number of aromatic nitrogens is 1. The third-order valence-corrected chi connectivity index (χ3v) is 4.99. The molecule has 0 unspecified atom stereocenters. The second kappa shape index (κ2) is 8.54. The highest BCUT2D eigenvalue weighted by molar-refractivity contribution is 5.94. The van der Waals surface area contributed by atoms with Gasteiger partial charge in [-0.05, 0) is 12.1 Å². The SMILES string of the molecule is CO[C@@](C(=O)O[C@H]1CN(C)C(=O)N1c1cc(C(F)(F)F)ccn1)(c1ccccc1)C(F)(F)F. The van der Waals surface area contributed by atoms with Crippen molar-refractivity contribution in [3.8, 4) is 0 Å². The van der Waals surface area contributed by atoms with Crippen LogP contribution in [-0.4, -0.2) is 55.0 Å². The van der Waals surface area contributed by atoms with Gasteiger partial charge in [0.15, 0.2) is 0 Å². The first kappa shape index (κ1) is 24.3. The average Bonchev–Trinajstić information content (AvgIpc) is 3.01. The molecule has 3 rings (SSSR count). The number of likely N-dealkylation sites (N-methyl/N-ethyl adjacent to an activating group) is 1. The highest BCUT2D eigenvalue weighted by Gasteiger charge is 2.64. The Morgan fingerprint density at radius 3 is 2.24 bits per heavy atom. The highest BCUT2D eigenvalue weighted by atomic mass is 19.4. The van der Waals surface area contributed by atoms with Crippen molar-refractivity contribution in [3.63, 3.8) is 0 Å². The van der Waals surface area contributed by atoms with Crippen molar-refractivity contribution < 1.29 is 45.4 Å². The van der Waals surface area contributed by atoms with Crippen LogP contribution in [0.1, 0.15) is 11.1 Å². The zero-order valence-corrected chi connectivity index (χ0v) is 17.1. The number of halogens is 6. The number of ether oxygens (including phenoxy) is 2. The van der Waals surface area contributed by atoms with Crippen LogP contribution in [0.25, 0.3) is 0 Å². The van der Waals surface area contributed by atoms with Crippen molar-refractivity contribution in [2.75, 3.05) is 25.6 Å². The molecular weight excluding hydrogens is 460 g/mol. The fraction of sp³-hybridized carbons (Fsp3) is 0.350. The lowest BCUT2D eigenvalue weighted by Gasteiger charge is -2.34. The quantitative estimate of drug-likeness (QED) is 0.482. The second-order valence-electron chi connectivity index (χ2n) is 7.04. The molecule has 0 N–H and O–H groups in total. The van der Waals surface area contributed by atoms with Crippen molar-refractivity contribution >= 4 is 17.8 Å². The van der Waals surface area contributed by atoms with E-state index >= 15 is 0 Å². The summed E-state index contributed by atoms with van der Waals surface area (Å²) in [5.74, 6) is -2.44. The van der Waals surface area contributed by atoms with Crippen molar-refractivity contribution in [2.24, 2.45) is 0 Å². The van der Waals surface area contributed by atoms with Gasteiger partial charge >= 0.3 is 24.4 Å². The van der Waals surface area contributed by atoms with Crippen LogP contribution >= 0.6 is 0 Å². The predicted octanol–water partition coefficient (Wildman–Crippen LogP) is 3.95. The number of urea groups is 1. The van der Waals surface area contributed by atoms with E-state index in [4.69, 9.17) is 4.74 Å². The molecule has 178 valence electrons. The predicted molar refractivity (Wildman–Crippen MR) is 101 cm³/mol. The van der Waals surface area contributed by atoms with Gasteiger partial charge in [-0.3, -0.25) is 0 Å². The maximum absolute atomic E-state index is 14.1. The number of carbonyl (C=O) groups excluding carboxylic acids is 2. The third-order valence-electron chi connectivity index (χ3n) is 4.99. The topological polar surface area (TPSA) is 72.0 Å². The van der Waals surface area contributed by atoms with E-state index in [1.165, 1.54) is 25.2 Å². The van der Waals surface area contributed by atoms with Crippen molar-refractivity contribution in [1.29, 1.82) is 0 Å². The van der Waals surface area contributed by atoms with Crippen LogP contribution in [0.3, 0.4) is 0 Å². The molecule has 13 heteroatoms. The Morgan fingerprint density at radius 1 is 1.06 bits per heavy atom. The lowest BCUT2D eigenvalue weighted by Crippen LogP contribution is -2.54. The fourth-order valence-electron chi connectivity index (χ4n) is 3.36. The van der Waals surface area contributed by atoms with Crippen LogP contribution in [-0.2, 0) is 26.0 Å². The summed E-state index contributed by atoms with van der Waals surface area (Å²) in [4.78, 5) is 30.7. The van der Waals surface area contributed by atoms with Crippen molar-refractivity contribution in [3.05, 3.63) is 59.8 Å². The van der Waals surface area contributed by atoms with Crippen LogP contribution in [0.4, 0.5) is 37.0 Å². The van der Waals surface area contributed by atoms with Gasteiger partial charge in [0.1, 0.15) is 5.82 Å². The van der Waals surface area contributed by atoms with Crippen LogP contribution < -0.4 is 4.90 Å². The molecule has 1 aliphatic heterocycles. The number of esters is 1. The van der Waals surface area contributed by atoms with Gasteiger partial charge in [0.2, 0.25) is 6.23 Å². The zero-order chi connectivity index (χ0) is 24.6. The molecule has 2 atom stereocenters. The van der Waals surface area contributed by atoms with E-state index in [0.717, 1.165) is 23.2 Å². The molecule has 0 radical (unpaired) electrons. The number of alkyl halides is 6. The maximum Gasteiger partial charge on any atom is 0.432 e. The molecule has 1 aromatic heterocycles. The molecule has 0 aliphatic carbocycles. The van der Waals surface area contributed by atoms with Gasteiger partial charge < -0.3 is 14.4 Å². The van der Waals surface area contributed by atoms with E-state index in [1.54, 1.807) is 0 Å². The van der Waals surface area contributed by atoms with Crippen molar-refractivity contribution in [2.45, 2.75) is 24.2 Å². The molecule has 0 saturated carbocycles. The minimum atomic E-state index is -5.27. The number of amides is 2. The van der Waals surface area contributed by atoms with Gasteiger partial charge in [-0.25, -0.2) is 19.5 Å². The summed E-state index contributed by atoms with van der Waals surface area (Å²) in [5, 5.41) is 0. The number of pyridine rings is 1. The number of anilines is 1. The Balaban J connectivity index is 2.01. The molecule has 0 bridgehead atoms. The van der Waals surface area contributed by atoms with Gasteiger partial charge in [-0.15, -0.1) is 0 Å². The number of benzene rings is 1. The van der Waals surface area contributed by atoms with Gasteiger partial charge in [0, 0.05) is 25.9 Å². The van der Waals surface area contributed by atoms with Crippen molar-refractivity contribution in [1.82, 2.24) is 9.88 Å². The van der Waals surface area contributed by atoms with Gasteiger partial charge in [0.25, 0.3) is 5.60 Å². The van der Waals surface area contributed by atoms with E-state index < -0.39 is 59.7 Å². The first-order valence-corrected chi connectivity index (χ1v) is 9.29. The smallest absolute Gasteiger partial charge is 0.432 e. The maximum atomic E-state index is 14.1. The summed E-state index contributed by atoms with van der Waals surface area (Å²) in [6, 6.07) is 6.23. The van der Waals surface area contributed by atoms with Crippen LogP contribution in [0.15, 0.2) is 48.7 Å². The zero-order valence-electron chi connectivity index (χ0n) is 17.1. The Hall–Kier alpha value is -3.35. The van der Waals surface area contributed by atoms with E-state index in [9.17, 15) is 35.9 Å². The van der Waals surface area contributed by atoms with Crippen LogP contribution in [0.5, 0.6) is 0 Å². The second-order valence-corrected chi connectivity index (χ2v) is 7.04. The highest BCUT2D eigenvalue weighted by Crippen LogP contribution is 2.43. The van der Waals surface area contributed by atoms with Crippen LogP contribution in [0, 0.1) is 0 Å². The number of nitrogens with zero attached hydrogens (tertiary/aromatic N) is 3. The Bertz CT molecular complexity index is 1030. The Kier molecular flexibility index (Phi) is 6.29. The summed E-state index contributed by atoms with van der Waals surface area (Å²) in [6.45, 7) is -0.422. The normalized spacial score (nSPS) is 18.9. The van der Waals surface area contributed by atoms with Crippen LogP contribution in [0.2, 0.25) is 0 Å². The summed E-state index contributed by atoms with van der Waals surface area (Å²) < 4.78 is 91.2. The number of rotatable bonds is 5. The Morgan fingerprint density at radius 2 is 1.70 bits per heavy atom. The van der Waals surface area contributed by atoms with Gasteiger partial charge in [-0.1, -0.05) is 30.3 Å². The molecule has 1 aromatic carbocycles. The van der Waals surface area contributed by atoms with Gasteiger partial charge in [-0.2, -0.15) is 26.3 Å². The lowest BCUT2D eigenvalue weighted by molar-refractivity contribution is -0.278. The number of hydrogen-bond acceptors (Lipinski definition) is 5. The molecule has 2 aromatic rings. The summed E-state index contributed by atoms with van der Waals surface area (Å²) in [5.41, 5.74) is -5.26. The molecule has 0 spiro atoms.